The summed E-state index contributed by atoms with van der Waals surface area (Å²) in [5.74, 6) is 0.766. The average molecular weight is 228 g/mol. The second kappa shape index (κ2) is 4.16. The smallest absolute Gasteiger partial charge is 0.162 e. The molecule has 1 aliphatic carbocycles. The number of nitrogens with one attached hydrogen (secondary N) is 1. The topological polar surface area (TPSA) is 48.7 Å². The van der Waals surface area contributed by atoms with E-state index >= 15 is 0 Å². The molecule has 2 rings (SSSR count). The molecule has 0 unspecified atom stereocenters. The summed E-state index contributed by atoms with van der Waals surface area (Å²) in [6, 6.07) is 2.06. The van der Waals surface area contributed by atoms with E-state index in [0.717, 1.165) is 17.5 Å². The van der Waals surface area contributed by atoms with Crippen LogP contribution in [0.15, 0.2) is 0 Å². The molecule has 0 aliphatic heterocycles. The third kappa shape index (κ3) is 1.84. The highest BCUT2D eigenvalue weighted by molar-refractivity contribution is 7.10. The summed E-state index contributed by atoms with van der Waals surface area (Å²) < 4.78 is 3.93. The van der Waals surface area contributed by atoms with Crippen LogP contribution in [0.25, 0.3) is 0 Å². The van der Waals surface area contributed by atoms with Gasteiger partial charge in [-0.1, -0.05) is 18.0 Å². The zero-order chi connectivity index (χ0) is 9.97. The van der Waals surface area contributed by atoms with Crippen molar-refractivity contribution in [3.63, 3.8) is 0 Å². The highest BCUT2D eigenvalue weighted by atomic mass is 35.5. The summed E-state index contributed by atoms with van der Waals surface area (Å²) >= 11 is 7.01. The summed E-state index contributed by atoms with van der Waals surface area (Å²) in [4.78, 5) is 0. The standard InChI is InChI=1S/C9H10ClN3S/c10-8-7(4-11)9(14-13-8)12-5-6-2-1-3-6/h6,12H,1-3,5H2. The molecule has 1 aromatic heterocycles. The first kappa shape index (κ1) is 9.75. The molecular formula is C9H10ClN3S. The molecule has 0 saturated heterocycles. The van der Waals surface area contributed by atoms with Gasteiger partial charge in [0.25, 0.3) is 0 Å². The molecule has 1 fully saturated rings. The Morgan fingerprint density at radius 3 is 3.00 bits per heavy atom. The van der Waals surface area contributed by atoms with Crippen molar-refractivity contribution in [3.8, 4) is 6.07 Å². The predicted molar refractivity (Wildman–Crippen MR) is 57.7 cm³/mol. The Balaban J connectivity index is 1.98. The van der Waals surface area contributed by atoms with E-state index in [1.54, 1.807) is 0 Å². The maximum Gasteiger partial charge on any atom is 0.162 e. The SMILES string of the molecule is N#Cc1c(Cl)nsc1NCC1CCC1. The van der Waals surface area contributed by atoms with Gasteiger partial charge in [-0.05, 0) is 30.3 Å². The number of nitrogens with zero attached hydrogens (tertiary/aromatic N) is 2. The van der Waals surface area contributed by atoms with Gasteiger partial charge in [0, 0.05) is 6.54 Å². The lowest BCUT2D eigenvalue weighted by atomic mass is 9.85. The average Bonchev–Trinajstić information content (AvgIpc) is 2.44. The number of rotatable bonds is 3. The molecule has 1 aromatic rings. The van der Waals surface area contributed by atoms with Crippen molar-refractivity contribution in [3.05, 3.63) is 10.7 Å². The lowest BCUT2D eigenvalue weighted by Crippen LogP contribution is -2.20. The van der Waals surface area contributed by atoms with Crippen molar-refractivity contribution in [2.75, 3.05) is 11.9 Å². The molecular weight excluding hydrogens is 218 g/mol. The van der Waals surface area contributed by atoms with E-state index in [9.17, 15) is 0 Å². The van der Waals surface area contributed by atoms with Crippen molar-refractivity contribution >= 4 is 28.1 Å². The van der Waals surface area contributed by atoms with Gasteiger partial charge in [-0.3, -0.25) is 0 Å². The van der Waals surface area contributed by atoms with Crippen molar-refractivity contribution in [2.45, 2.75) is 19.3 Å². The van der Waals surface area contributed by atoms with Crippen LogP contribution in [0.2, 0.25) is 5.15 Å². The van der Waals surface area contributed by atoms with Crippen molar-refractivity contribution in [1.29, 1.82) is 5.26 Å². The first-order chi connectivity index (χ1) is 6.81. The first-order valence-electron chi connectivity index (χ1n) is 4.60. The number of hydrogen-bond donors (Lipinski definition) is 1. The third-order valence-electron chi connectivity index (χ3n) is 2.54. The highest BCUT2D eigenvalue weighted by Crippen LogP contribution is 2.30. The summed E-state index contributed by atoms with van der Waals surface area (Å²) in [5.41, 5.74) is 0.482. The largest absolute Gasteiger partial charge is 0.374 e. The lowest BCUT2D eigenvalue weighted by Gasteiger charge is -2.25. The Bertz CT molecular complexity index is 365. The normalized spacial score (nSPS) is 16.0. The second-order valence-corrected chi connectivity index (χ2v) is 4.60. The fourth-order valence-corrected chi connectivity index (χ4v) is 2.36. The van der Waals surface area contributed by atoms with Crippen LogP contribution in [-0.4, -0.2) is 10.9 Å². The molecule has 1 saturated carbocycles. The number of nitriles is 1. The van der Waals surface area contributed by atoms with Crippen LogP contribution in [0, 0.1) is 17.2 Å². The fraction of sp³-hybridized carbons (Fsp3) is 0.556. The molecule has 0 bridgehead atoms. The maximum absolute atomic E-state index is 8.82. The Kier molecular flexibility index (Phi) is 2.90. The number of halogens is 1. The summed E-state index contributed by atoms with van der Waals surface area (Å²) in [6.45, 7) is 0.938. The summed E-state index contributed by atoms with van der Waals surface area (Å²) in [6.07, 6.45) is 3.92. The van der Waals surface area contributed by atoms with E-state index in [-0.39, 0.29) is 0 Å². The Morgan fingerprint density at radius 1 is 1.64 bits per heavy atom. The molecule has 74 valence electrons. The minimum Gasteiger partial charge on any atom is -0.374 e. The van der Waals surface area contributed by atoms with Crippen LogP contribution in [0.3, 0.4) is 0 Å². The van der Waals surface area contributed by atoms with Crippen molar-refractivity contribution in [1.82, 2.24) is 4.37 Å². The van der Waals surface area contributed by atoms with Gasteiger partial charge < -0.3 is 5.32 Å². The second-order valence-electron chi connectivity index (χ2n) is 3.47. The van der Waals surface area contributed by atoms with Crippen molar-refractivity contribution in [2.24, 2.45) is 5.92 Å². The fourth-order valence-electron chi connectivity index (χ4n) is 1.42. The Hall–Kier alpha value is -0.790. The zero-order valence-electron chi connectivity index (χ0n) is 7.59. The van der Waals surface area contributed by atoms with Gasteiger partial charge >= 0.3 is 0 Å². The molecule has 0 spiro atoms. The maximum atomic E-state index is 8.82. The Morgan fingerprint density at radius 2 is 2.43 bits per heavy atom. The molecule has 0 aromatic carbocycles. The summed E-state index contributed by atoms with van der Waals surface area (Å²) in [5, 5.41) is 13.2. The van der Waals surface area contributed by atoms with Gasteiger partial charge in [0.1, 0.15) is 16.6 Å². The molecule has 0 amide bonds. The van der Waals surface area contributed by atoms with Crippen LogP contribution in [0.5, 0.6) is 0 Å². The molecule has 1 aliphatic rings. The van der Waals surface area contributed by atoms with Gasteiger partial charge in [-0.15, -0.1) is 0 Å². The van der Waals surface area contributed by atoms with Crippen molar-refractivity contribution < 1.29 is 0 Å². The Labute approximate surface area is 91.9 Å². The molecule has 14 heavy (non-hydrogen) atoms. The van der Waals surface area contributed by atoms with Crippen LogP contribution in [0.1, 0.15) is 24.8 Å². The molecule has 3 nitrogen and oxygen atoms in total. The summed E-state index contributed by atoms with van der Waals surface area (Å²) in [7, 11) is 0. The van der Waals surface area contributed by atoms with Gasteiger partial charge in [0.2, 0.25) is 0 Å². The minimum absolute atomic E-state index is 0.314. The molecule has 5 heteroatoms. The monoisotopic (exact) mass is 227 g/mol. The molecule has 1 heterocycles. The quantitative estimate of drug-likeness (QED) is 0.864. The highest BCUT2D eigenvalue weighted by Gasteiger charge is 2.18. The van der Waals surface area contributed by atoms with Gasteiger partial charge in [0.05, 0.1) is 0 Å². The van der Waals surface area contributed by atoms with Crippen LogP contribution in [0.4, 0.5) is 5.00 Å². The molecule has 0 atom stereocenters. The number of hydrogen-bond acceptors (Lipinski definition) is 4. The van der Waals surface area contributed by atoms with Gasteiger partial charge in [-0.25, -0.2) is 0 Å². The van der Waals surface area contributed by atoms with E-state index in [2.05, 4.69) is 15.8 Å². The molecule has 0 radical (unpaired) electrons. The van der Waals surface area contributed by atoms with E-state index in [1.165, 1.54) is 30.8 Å². The molecule has 1 N–H and O–H groups in total. The minimum atomic E-state index is 0.314. The predicted octanol–water partition coefficient (Wildman–Crippen LogP) is 2.88. The van der Waals surface area contributed by atoms with E-state index < -0.39 is 0 Å². The van der Waals surface area contributed by atoms with Crippen LogP contribution in [-0.2, 0) is 0 Å². The number of anilines is 1. The van der Waals surface area contributed by atoms with Gasteiger partial charge in [0.15, 0.2) is 5.15 Å². The van der Waals surface area contributed by atoms with E-state index in [0.29, 0.717) is 10.7 Å². The van der Waals surface area contributed by atoms with E-state index in [4.69, 9.17) is 16.9 Å². The van der Waals surface area contributed by atoms with Gasteiger partial charge in [-0.2, -0.15) is 9.64 Å². The van der Waals surface area contributed by atoms with Crippen LogP contribution >= 0.6 is 23.1 Å². The zero-order valence-corrected chi connectivity index (χ0v) is 9.16. The number of aromatic nitrogens is 1. The first-order valence-corrected chi connectivity index (χ1v) is 5.75. The third-order valence-corrected chi connectivity index (χ3v) is 3.72. The van der Waals surface area contributed by atoms with E-state index in [1.807, 2.05) is 0 Å². The lowest BCUT2D eigenvalue weighted by molar-refractivity contribution is 0.333. The van der Waals surface area contributed by atoms with Crippen LogP contribution < -0.4 is 5.32 Å².